The van der Waals surface area contributed by atoms with Gasteiger partial charge in [-0.3, -0.25) is 0 Å². The summed E-state index contributed by atoms with van der Waals surface area (Å²) in [5.41, 5.74) is 8.93. The number of benzene rings is 1. The Morgan fingerprint density at radius 3 is 2.70 bits per heavy atom. The zero-order chi connectivity index (χ0) is 14.7. The van der Waals surface area contributed by atoms with E-state index >= 15 is 0 Å². The lowest BCUT2D eigenvalue weighted by molar-refractivity contribution is 0.245. The molecule has 5 heteroatoms. The molecular weight excluding hydrogens is 320 g/mol. The molecule has 20 heavy (non-hydrogen) atoms. The highest BCUT2D eigenvalue weighted by Crippen LogP contribution is 2.29. The minimum Gasteiger partial charge on any atom is -0.485 e. The van der Waals surface area contributed by atoms with Gasteiger partial charge < -0.3 is 15.0 Å². The van der Waals surface area contributed by atoms with Gasteiger partial charge in [-0.25, -0.2) is 0 Å². The predicted molar refractivity (Wildman–Crippen MR) is 81.8 cm³/mol. The highest BCUT2D eigenvalue weighted by Gasteiger charge is 2.12. The second-order valence-electron chi connectivity index (χ2n) is 5.12. The molecule has 0 fully saturated rings. The van der Waals surface area contributed by atoms with Crippen LogP contribution in [0.15, 0.2) is 27.2 Å². The highest BCUT2D eigenvalue weighted by atomic mass is 79.9. The van der Waals surface area contributed by atoms with E-state index in [9.17, 15) is 0 Å². The number of hydrogen-bond acceptors (Lipinski definition) is 4. The zero-order valence-electron chi connectivity index (χ0n) is 11.9. The van der Waals surface area contributed by atoms with Crippen LogP contribution in [-0.4, -0.2) is 11.2 Å². The average Bonchev–Trinajstić information content (AvgIpc) is 2.73. The Hall–Kier alpha value is -1.33. The summed E-state index contributed by atoms with van der Waals surface area (Å²) in [5, 5.41) is 3.85. The van der Waals surface area contributed by atoms with Crippen molar-refractivity contribution in [1.29, 1.82) is 0 Å². The van der Waals surface area contributed by atoms with Gasteiger partial charge in [0.1, 0.15) is 12.4 Å². The third-order valence-electron chi connectivity index (χ3n) is 2.89. The van der Waals surface area contributed by atoms with Crippen LogP contribution in [-0.2, 0) is 13.0 Å². The molecule has 108 valence electrons. The van der Waals surface area contributed by atoms with Gasteiger partial charge in [0, 0.05) is 16.6 Å². The molecule has 1 aromatic carbocycles. The number of ether oxygens (including phenoxy) is 1. The third-order valence-corrected chi connectivity index (χ3v) is 3.35. The van der Waals surface area contributed by atoms with Crippen LogP contribution in [0.1, 0.15) is 29.5 Å². The number of nitrogens with zero attached hydrogens (tertiary/aromatic N) is 1. The van der Waals surface area contributed by atoms with Crippen LogP contribution in [0.5, 0.6) is 5.75 Å². The lowest BCUT2D eigenvalue weighted by atomic mass is 10.0. The van der Waals surface area contributed by atoms with Crippen molar-refractivity contribution in [2.45, 2.75) is 39.8 Å². The molecule has 2 aromatic rings. The minimum absolute atomic E-state index is 0.0820. The third kappa shape index (κ3) is 3.84. The van der Waals surface area contributed by atoms with Crippen molar-refractivity contribution in [3.63, 3.8) is 0 Å². The first kappa shape index (κ1) is 15.1. The molecule has 0 bridgehead atoms. The Labute approximate surface area is 127 Å². The van der Waals surface area contributed by atoms with Crippen LogP contribution in [0.2, 0.25) is 0 Å². The number of hydrogen-bond donors (Lipinski definition) is 1. The monoisotopic (exact) mass is 338 g/mol. The van der Waals surface area contributed by atoms with Crippen LogP contribution in [0.3, 0.4) is 0 Å². The van der Waals surface area contributed by atoms with Gasteiger partial charge in [-0.05, 0) is 50.5 Å². The summed E-state index contributed by atoms with van der Waals surface area (Å²) in [5.74, 6) is 1.59. The second-order valence-corrected chi connectivity index (χ2v) is 6.03. The summed E-state index contributed by atoms with van der Waals surface area (Å²) in [4.78, 5) is 0. The Bertz CT molecular complexity index is 594. The maximum Gasteiger partial charge on any atom is 0.174 e. The van der Waals surface area contributed by atoms with Crippen LogP contribution in [0.4, 0.5) is 0 Å². The summed E-state index contributed by atoms with van der Waals surface area (Å²) in [6.45, 7) is 6.27. The van der Waals surface area contributed by atoms with E-state index in [0.29, 0.717) is 6.61 Å². The van der Waals surface area contributed by atoms with E-state index in [1.165, 1.54) is 0 Å². The highest BCUT2D eigenvalue weighted by molar-refractivity contribution is 9.10. The standard InChI is InChI=1S/C15H19BrN2O2/c1-9-4-13(16)7-12(5-10(2)17)15(9)19-8-14-6-11(3)18-20-14/h4,6-7,10H,5,8,17H2,1-3H3. The first-order valence-electron chi connectivity index (χ1n) is 6.55. The first-order valence-corrected chi connectivity index (χ1v) is 7.34. The van der Waals surface area contributed by atoms with E-state index in [1.54, 1.807) is 0 Å². The Balaban J connectivity index is 2.20. The van der Waals surface area contributed by atoms with Crippen molar-refractivity contribution in [2.24, 2.45) is 5.73 Å². The molecule has 4 nitrogen and oxygen atoms in total. The van der Waals surface area contributed by atoms with Gasteiger partial charge in [0.05, 0.1) is 5.69 Å². The van der Waals surface area contributed by atoms with Gasteiger partial charge >= 0.3 is 0 Å². The number of nitrogens with two attached hydrogens (primary N) is 1. The molecule has 2 N–H and O–H groups in total. The number of rotatable bonds is 5. The van der Waals surface area contributed by atoms with E-state index < -0.39 is 0 Å². The Morgan fingerprint density at radius 1 is 1.35 bits per heavy atom. The summed E-state index contributed by atoms with van der Waals surface area (Å²) in [7, 11) is 0. The van der Waals surface area contributed by atoms with Gasteiger partial charge in [0.15, 0.2) is 5.76 Å². The van der Waals surface area contributed by atoms with Crippen molar-refractivity contribution in [3.05, 3.63) is 45.3 Å². The molecule has 0 amide bonds. The Kier molecular flexibility index (Phi) is 4.83. The van der Waals surface area contributed by atoms with Crippen molar-refractivity contribution < 1.29 is 9.26 Å². The van der Waals surface area contributed by atoms with E-state index in [1.807, 2.05) is 32.9 Å². The van der Waals surface area contributed by atoms with Crippen LogP contribution in [0.25, 0.3) is 0 Å². The quantitative estimate of drug-likeness (QED) is 0.905. The fourth-order valence-corrected chi connectivity index (χ4v) is 2.75. The van der Waals surface area contributed by atoms with Gasteiger partial charge in [0.2, 0.25) is 0 Å². The van der Waals surface area contributed by atoms with Crippen molar-refractivity contribution in [1.82, 2.24) is 5.16 Å². The summed E-state index contributed by atoms with van der Waals surface area (Å²) < 4.78 is 12.1. The molecule has 1 aromatic heterocycles. The molecule has 0 saturated carbocycles. The number of aryl methyl sites for hydroxylation is 2. The smallest absolute Gasteiger partial charge is 0.174 e. The molecule has 0 aliphatic carbocycles. The zero-order valence-corrected chi connectivity index (χ0v) is 13.5. The number of aromatic nitrogens is 1. The molecule has 1 heterocycles. The van der Waals surface area contributed by atoms with Gasteiger partial charge in [-0.15, -0.1) is 0 Å². The van der Waals surface area contributed by atoms with Gasteiger partial charge in [-0.2, -0.15) is 0 Å². The maximum absolute atomic E-state index is 5.91. The molecule has 1 atom stereocenters. The molecule has 0 spiro atoms. The summed E-state index contributed by atoms with van der Waals surface area (Å²) in [6, 6.07) is 6.04. The van der Waals surface area contributed by atoms with Crippen molar-refractivity contribution in [2.75, 3.05) is 0 Å². The predicted octanol–water partition coefficient (Wildman–Crippen LogP) is 3.52. The fourth-order valence-electron chi connectivity index (χ4n) is 2.13. The fraction of sp³-hybridized carbons (Fsp3) is 0.400. The lowest BCUT2D eigenvalue weighted by Crippen LogP contribution is -2.18. The first-order chi connectivity index (χ1) is 9.45. The Morgan fingerprint density at radius 2 is 2.10 bits per heavy atom. The van der Waals surface area contributed by atoms with E-state index in [2.05, 4.69) is 27.2 Å². The SMILES string of the molecule is Cc1cc(COc2c(C)cc(Br)cc2CC(C)N)on1. The number of halogens is 1. The second kappa shape index (κ2) is 6.41. The molecule has 0 saturated heterocycles. The summed E-state index contributed by atoms with van der Waals surface area (Å²) in [6.07, 6.45) is 0.769. The lowest BCUT2D eigenvalue weighted by Gasteiger charge is -2.15. The van der Waals surface area contributed by atoms with Crippen LogP contribution in [0, 0.1) is 13.8 Å². The van der Waals surface area contributed by atoms with E-state index in [-0.39, 0.29) is 6.04 Å². The van der Waals surface area contributed by atoms with Crippen molar-refractivity contribution >= 4 is 15.9 Å². The van der Waals surface area contributed by atoms with E-state index in [4.69, 9.17) is 15.0 Å². The van der Waals surface area contributed by atoms with Gasteiger partial charge in [0.25, 0.3) is 0 Å². The molecule has 0 aliphatic heterocycles. The molecule has 0 radical (unpaired) electrons. The molecular formula is C15H19BrN2O2. The van der Waals surface area contributed by atoms with Crippen molar-refractivity contribution in [3.8, 4) is 5.75 Å². The van der Waals surface area contributed by atoms with E-state index in [0.717, 1.165) is 39.2 Å². The van der Waals surface area contributed by atoms with Crippen LogP contribution >= 0.6 is 15.9 Å². The largest absolute Gasteiger partial charge is 0.485 e. The normalized spacial score (nSPS) is 12.4. The molecule has 0 aliphatic rings. The minimum atomic E-state index is 0.0820. The summed E-state index contributed by atoms with van der Waals surface area (Å²) >= 11 is 3.51. The van der Waals surface area contributed by atoms with Gasteiger partial charge in [-0.1, -0.05) is 21.1 Å². The average molecular weight is 339 g/mol. The molecule has 2 rings (SSSR count). The maximum atomic E-state index is 5.91. The molecule has 1 unspecified atom stereocenters. The van der Waals surface area contributed by atoms with Crippen LogP contribution < -0.4 is 10.5 Å². The topological polar surface area (TPSA) is 61.3 Å².